The van der Waals surface area contributed by atoms with Gasteiger partial charge in [-0.3, -0.25) is 4.79 Å². The van der Waals surface area contributed by atoms with Crippen molar-refractivity contribution in [3.05, 3.63) is 54.5 Å². The van der Waals surface area contributed by atoms with Crippen LogP contribution in [0.15, 0.2) is 53.7 Å². The van der Waals surface area contributed by atoms with Crippen LogP contribution in [-0.2, 0) is 4.79 Å². The van der Waals surface area contributed by atoms with Crippen LogP contribution in [0.4, 0.5) is 0 Å². The lowest BCUT2D eigenvalue weighted by molar-refractivity contribution is -0.121. The van der Waals surface area contributed by atoms with Crippen LogP contribution in [0.1, 0.15) is 31.6 Å². The molecule has 6 heteroatoms. The summed E-state index contributed by atoms with van der Waals surface area (Å²) in [6, 6.07) is 13.6. The number of imidazole rings is 1. The molecule has 0 bridgehead atoms. The number of hydrogen-bond donors (Lipinski definition) is 2. The average molecular weight is 340 g/mol. The van der Waals surface area contributed by atoms with Gasteiger partial charge < -0.3 is 10.3 Å². The maximum atomic E-state index is 12.2. The third-order valence-corrected chi connectivity index (χ3v) is 4.64. The fourth-order valence-corrected chi connectivity index (χ4v) is 3.26. The van der Waals surface area contributed by atoms with Crippen LogP contribution in [0.3, 0.4) is 0 Å². The van der Waals surface area contributed by atoms with Gasteiger partial charge in [-0.25, -0.2) is 9.97 Å². The number of amides is 1. The lowest BCUT2D eigenvalue weighted by Gasteiger charge is -2.14. The highest BCUT2D eigenvalue weighted by atomic mass is 32.2. The van der Waals surface area contributed by atoms with Crippen molar-refractivity contribution in [3.8, 4) is 0 Å². The van der Waals surface area contributed by atoms with E-state index < -0.39 is 0 Å². The smallest absolute Gasteiger partial charge is 0.221 e. The second kappa shape index (κ2) is 7.97. The molecule has 2 heterocycles. The van der Waals surface area contributed by atoms with E-state index in [9.17, 15) is 4.79 Å². The van der Waals surface area contributed by atoms with Crippen molar-refractivity contribution in [3.63, 3.8) is 0 Å². The minimum Gasteiger partial charge on any atom is -0.346 e. The maximum absolute atomic E-state index is 12.2. The van der Waals surface area contributed by atoms with Gasteiger partial charge in [0.2, 0.25) is 5.91 Å². The Bertz CT molecular complexity index is 770. The molecule has 0 aliphatic heterocycles. The van der Waals surface area contributed by atoms with Crippen molar-refractivity contribution in [1.82, 2.24) is 20.3 Å². The molecule has 1 amide bonds. The predicted octanol–water partition coefficient (Wildman–Crippen LogP) is 3.71. The Morgan fingerprint density at radius 2 is 2.08 bits per heavy atom. The Labute approximate surface area is 145 Å². The highest BCUT2D eigenvalue weighted by Gasteiger charge is 2.16. The summed E-state index contributed by atoms with van der Waals surface area (Å²) in [6.07, 6.45) is 3.01. The highest BCUT2D eigenvalue weighted by molar-refractivity contribution is 7.99. The fraction of sp³-hybridized carbons (Fsp3) is 0.278. The molecule has 124 valence electrons. The molecule has 0 aliphatic rings. The molecular weight excluding hydrogens is 320 g/mol. The molecule has 0 saturated heterocycles. The summed E-state index contributed by atoms with van der Waals surface area (Å²) in [5, 5.41) is 4.00. The zero-order chi connectivity index (χ0) is 16.8. The minimum atomic E-state index is -0.0928. The van der Waals surface area contributed by atoms with Gasteiger partial charge in [0.25, 0.3) is 0 Å². The average Bonchev–Trinajstić information content (AvgIpc) is 3.04. The molecule has 0 saturated carbocycles. The van der Waals surface area contributed by atoms with Crippen molar-refractivity contribution in [2.45, 2.75) is 30.8 Å². The first kappa shape index (κ1) is 16.5. The van der Waals surface area contributed by atoms with E-state index in [1.807, 2.05) is 49.4 Å². The summed E-state index contributed by atoms with van der Waals surface area (Å²) in [5.74, 6) is 1.55. The van der Waals surface area contributed by atoms with Crippen molar-refractivity contribution in [2.24, 2.45) is 0 Å². The molecule has 1 aromatic carbocycles. The summed E-state index contributed by atoms with van der Waals surface area (Å²) in [7, 11) is 0. The summed E-state index contributed by atoms with van der Waals surface area (Å²) in [4.78, 5) is 24.3. The van der Waals surface area contributed by atoms with Crippen LogP contribution in [0.25, 0.3) is 11.0 Å². The molecule has 3 rings (SSSR count). The van der Waals surface area contributed by atoms with E-state index in [1.54, 1.807) is 18.0 Å². The zero-order valence-corrected chi connectivity index (χ0v) is 14.3. The van der Waals surface area contributed by atoms with E-state index in [-0.39, 0.29) is 11.9 Å². The number of para-hydroxylation sites is 2. The number of aromatic amines is 1. The first-order valence-corrected chi connectivity index (χ1v) is 9.02. The quantitative estimate of drug-likeness (QED) is 0.643. The molecule has 0 unspecified atom stereocenters. The Hall–Kier alpha value is -2.34. The van der Waals surface area contributed by atoms with Gasteiger partial charge in [0.1, 0.15) is 5.82 Å². The second-order valence-corrected chi connectivity index (χ2v) is 6.55. The van der Waals surface area contributed by atoms with E-state index in [2.05, 4.69) is 20.3 Å². The minimum absolute atomic E-state index is 0.0331. The van der Waals surface area contributed by atoms with E-state index in [0.717, 1.165) is 28.3 Å². The van der Waals surface area contributed by atoms with E-state index in [1.165, 1.54) is 0 Å². The number of nitrogens with one attached hydrogen (secondary N) is 2. The monoisotopic (exact) mass is 340 g/mol. The normalized spacial score (nSPS) is 12.2. The van der Waals surface area contributed by atoms with Gasteiger partial charge in [0.15, 0.2) is 0 Å². The molecule has 3 aromatic rings. The van der Waals surface area contributed by atoms with Gasteiger partial charge in [-0.05, 0) is 30.7 Å². The van der Waals surface area contributed by atoms with Crippen LogP contribution >= 0.6 is 11.8 Å². The Kier molecular flexibility index (Phi) is 5.48. The molecular formula is C18H20N4OS. The summed E-state index contributed by atoms with van der Waals surface area (Å²) in [6.45, 7) is 2.04. The molecule has 0 fully saturated rings. The zero-order valence-electron chi connectivity index (χ0n) is 13.5. The SMILES string of the molecule is CC[C@H](NC(=O)CCSc1ccccn1)c1nc2ccccc2[nH]1. The molecule has 24 heavy (non-hydrogen) atoms. The van der Waals surface area contributed by atoms with Gasteiger partial charge in [-0.2, -0.15) is 0 Å². The third kappa shape index (κ3) is 4.14. The van der Waals surface area contributed by atoms with Crippen LogP contribution in [-0.4, -0.2) is 26.6 Å². The fourth-order valence-electron chi connectivity index (χ4n) is 2.45. The largest absolute Gasteiger partial charge is 0.346 e. The van der Waals surface area contributed by atoms with Crippen molar-refractivity contribution in [2.75, 3.05) is 5.75 Å². The van der Waals surface area contributed by atoms with Gasteiger partial charge in [0.05, 0.1) is 22.1 Å². The number of hydrogen-bond acceptors (Lipinski definition) is 4. The maximum Gasteiger partial charge on any atom is 0.221 e. The van der Waals surface area contributed by atoms with Gasteiger partial charge in [-0.15, -0.1) is 11.8 Å². The third-order valence-electron chi connectivity index (χ3n) is 3.70. The van der Waals surface area contributed by atoms with Crippen LogP contribution in [0.5, 0.6) is 0 Å². The molecule has 2 N–H and O–H groups in total. The molecule has 5 nitrogen and oxygen atoms in total. The summed E-state index contributed by atoms with van der Waals surface area (Å²) < 4.78 is 0. The van der Waals surface area contributed by atoms with Gasteiger partial charge in [0, 0.05) is 18.4 Å². The summed E-state index contributed by atoms with van der Waals surface area (Å²) >= 11 is 1.59. The van der Waals surface area contributed by atoms with E-state index in [0.29, 0.717) is 12.2 Å². The first-order chi connectivity index (χ1) is 11.8. The molecule has 0 radical (unpaired) electrons. The number of nitrogens with zero attached hydrogens (tertiary/aromatic N) is 2. The molecule has 2 aromatic heterocycles. The van der Waals surface area contributed by atoms with Crippen molar-refractivity contribution < 1.29 is 4.79 Å². The van der Waals surface area contributed by atoms with Crippen molar-refractivity contribution >= 4 is 28.7 Å². The number of fused-ring (bicyclic) bond motifs is 1. The number of carbonyl (C=O) groups excluding carboxylic acids is 1. The molecule has 0 spiro atoms. The lowest BCUT2D eigenvalue weighted by Crippen LogP contribution is -2.29. The van der Waals surface area contributed by atoms with E-state index >= 15 is 0 Å². The standard InChI is InChI=1S/C18H20N4OS/c1-2-13(18-21-14-7-3-4-8-15(14)22-18)20-16(23)10-12-24-17-9-5-6-11-19-17/h3-9,11,13H,2,10,12H2,1H3,(H,20,23)(H,21,22)/t13-/m0/s1. The highest BCUT2D eigenvalue weighted by Crippen LogP contribution is 2.19. The van der Waals surface area contributed by atoms with Crippen LogP contribution < -0.4 is 5.32 Å². The number of H-pyrrole nitrogens is 1. The number of thioether (sulfide) groups is 1. The number of rotatable bonds is 7. The van der Waals surface area contributed by atoms with Crippen LogP contribution in [0, 0.1) is 0 Å². The Morgan fingerprint density at radius 3 is 2.83 bits per heavy atom. The topological polar surface area (TPSA) is 70.7 Å². The van der Waals surface area contributed by atoms with E-state index in [4.69, 9.17) is 0 Å². The molecule has 0 aliphatic carbocycles. The number of benzene rings is 1. The second-order valence-electron chi connectivity index (χ2n) is 5.43. The Morgan fingerprint density at radius 1 is 1.25 bits per heavy atom. The summed E-state index contributed by atoms with van der Waals surface area (Å²) in [5.41, 5.74) is 1.91. The number of carbonyl (C=O) groups is 1. The number of aromatic nitrogens is 3. The predicted molar refractivity (Wildman–Crippen MR) is 96.8 cm³/mol. The lowest BCUT2D eigenvalue weighted by atomic mass is 10.2. The first-order valence-electron chi connectivity index (χ1n) is 8.04. The number of pyridine rings is 1. The van der Waals surface area contributed by atoms with Crippen LogP contribution in [0.2, 0.25) is 0 Å². The Balaban J connectivity index is 1.55. The molecule has 1 atom stereocenters. The van der Waals surface area contributed by atoms with Crippen molar-refractivity contribution in [1.29, 1.82) is 0 Å². The van der Waals surface area contributed by atoms with Gasteiger partial charge >= 0.3 is 0 Å². The van der Waals surface area contributed by atoms with Gasteiger partial charge in [-0.1, -0.05) is 25.1 Å².